The van der Waals surface area contributed by atoms with E-state index in [1.807, 2.05) is 26.8 Å². The molecular formula is C13H18BrNO3. The fourth-order valence-electron chi connectivity index (χ4n) is 1.46. The van der Waals surface area contributed by atoms with E-state index in [2.05, 4.69) is 20.9 Å². The first kappa shape index (κ1) is 15.0. The Morgan fingerprint density at radius 2 is 2.11 bits per heavy atom. The summed E-state index contributed by atoms with van der Waals surface area (Å²) < 4.78 is 11.2. The lowest BCUT2D eigenvalue weighted by atomic mass is 10.1. The molecule has 100 valence electrons. The Morgan fingerprint density at radius 1 is 1.44 bits per heavy atom. The Kier molecular flexibility index (Phi) is 5.14. The van der Waals surface area contributed by atoms with Crippen molar-refractivity contribution in [1.29, 1.82) is 0 Å². The molecule has 0 fully saturated rings. The average Bonchev–Trinajstić information content (AvgIpc) is 2.24. The van der Waals surface area contributed by atoms with Gasteiger partial charge in [-0.2, -0.15) is 0 Å². The van der Waals surface area contributed by atoms with Crippen molar-refractivity contribution in [3.05, 3.63) is 22.4 Å². The molecule has 0 atom stereocenters. The van der Waals surface area contributed by atoms with E-state index in [-0.39, 0.29) is 5.97 Å². The molecule has 0 bridgehead atoms. The van der Waals surface area contributed by atoms with Crippen molar-refractivity contribution in [3.63, 3.8) is 0 Å². The fraction of sp³-hybridized carbons (Fsp3) is 0.538. The van der Waals surface area contributed by atoms with E-state index in [0.717, 1.165) is 10.2 Å². The molecule has 0 aliphatic rings. The number of methoxy groups -OCH3 is 1. The zero-order valence-corrected chi connectivity index (χ0v) is 12.7. The van der Waals surface area contributed by atoms with Gasteiger partial charge in [-0.15, -0.1) is 0 Å². The first-order chi connectivity index (χ1) is 8.31. The molecule has 1 aromatic heterocycles. The number of carbonyl (C=O) groups excluding carboxylic acids is 1. The summed E-state index contributed by atoms with van der Waals surface area (Å²) in [6, 6.07) is 1.85. The van der Waals surface area contributed by atoms with Gasteiger partial charge in [-0.1, -0.05) is 0 Å². The van der Waals surface area contributed by atoms with Gasteiger partial charge < -0.3 is 9.47 Å². The van der Waals surface area contributed by atoms with Crippen LogP contribution in [0.1, 0.15) is 32.8 Å². The Labute approximate surface area is 116 Å². The second-order valence-electron chi connectivity index (χ2n) is 4.91. The van der Waals surface area contributed by atoms with Gasteiger partial charge in [-0.25, -0.2) is 4.98 Å². The minimum Gasteiger partial charge on any atom is -0.495 e. The number of carbonyl (C=O) groups is 1. The van der Waals surface area contributed by atoms with Crippen LogP contribution in [-0.4, -0.2) is 23.7 Å². The fourth-order valence-corrected chi connectivity index (χ4v) is 1.84. The standard InChI is InChI=1S/C13H18BrNO3/c1-13(2,3)18-12(16)6-5-9-7-11(14)15-8-10(9)17-4/h7-8H,5-6H2,1-4H3. The Morgan fingerprint density at radius 3 is 2.67 bits per heavy atom. The third-order valence-electron chi connectivity index (χ3n) is 2.15. The summed E-state index contributed by atoms with van der Waals surface area (Å²) in [7, 11) is 1.59. The molecule has 5 heteroatoms. The lowest BCUT2D eigenvalue weighted by Gasteiger charge is -2.19. The van der Waals surface area contributed by atoms with Gasteiger partial charge in [0.15, 0.2) is 0 Å². The van der Waals surface area contributed by atoms with E-state index in [1.165, 1.54) is 0 Å². The van der Waals surface area contributed by atoms with Crippen molar-refractivity contribution < 1.29 is 14.3 Å². The van der Waals surface area contributed by atoms with E-state index >= 15 is 0 Å². The normalized spacial score (nSPS) is 11.2. The molecule has 0 aliphatic carbocycles. The van der Waals surface area contributed by atoms with Crippen molar-refractivity contribution in [2.45, 2.75) is 39.2 Å². The van der Waals surface area contributed by atoms with Gasteiger partial charge in [0.2, 0.25) is 0 Å². The molecule has 0 aromatic carbocycles. The summed E-state index contributed by atoms with van der Waals surface area (Å²) in [5, 5.41) is 0. The maximum atomic E-state index is 11.6. The van der Waals surface area contributed by atoms with Gasteiger partial charge in [0.25, 0.3) is 0 Å². The summed E-state index contributed by atoms with van der Waals surface area (Å²) in [4.78, 5) is 15.7. The summed E-state index contributed by atoms with van der Waals surface area (Å²) in [6.45, 7) is 5.57. The predicted octanol–water partition coefficient (Wildman–Crippen LogP) is 3.13. The van der Waals surface area contributed by atoms with Crippen molar-refractivity contribution in [2.75, 3.05) is 7.11 Å². The van der Waals surface area contributed by atoms with Crippen LogP contribution in [0.3, 0.4) is 0 Å². The molecule has 0 unspecified atom stereocenters. The highest BCUT2D eigenvalue weighted by atomic mass is 79.9. The number of halogens is 1. The summed E-state index contributed by atoms with van der Waals surface area (Å²) >= 11 is 3.30. The van der Waals surface area contributed by atoms with Gasteiger partial charge in [0.05, 0.1) is 13.3 Å². The highest BCUT2D eigenvalue weighted by Crippen LogP contribution is 2.22. The lowest BCUT2D eigenvalue weighted by Crippen LogP contribution is -2.24. The minimum atomic E-state index is -0.444. The molecule has 0 saturated carbocycles. The van der Waals surface area contributed by atoms with Crippen LogP contribution in [0.2, 0.25) is 0 Å². The Hall–Kier alpha value is -1.10. The second-order valence-corrected chi connectivity index (χ2v) is 5.72. The Balaban J connectivity index is 2.63. The second kappa shape index (κ2) is 6.18. The number of nitrogens with zero attached hydrogens (tertiary/aromatic N) is 1. The molecule has 0 saturated heterocycles. The molecule has 0 aliphatic heterocycles. The van der Waals surface area contributed by atoms with E-state index in [4.69, 9.17) is 9.47 Å². The maximum absolute atomic E-state index is 11.6. The smallest absolute Gasteiger partial charge is 0.306 e. The predicted molar refractivity (Wildman–Crippen MR) is 72.7 cm³/mol. The largest absolute Gasteiger partial charge is 0.495 e. The molecule has 1 aromatic rings. The third kappa shape index (κ3) is 5.04. The molecule has 0 amide bonds. The highest BCUT2D eigenvalue weighted by molar-refractivity contribution is 9.10. The summed E-state index contributed by atoms with van der Waals surface area (Å²) in [5.74, 6) is 0.472. The lowest BCUT2D eigenvalue weighted by molar-refractivity contribution is -0.154. The molecule has 1 heterocycles. The minimum absolute atomic E-state index is 0.211. The third-order valence-corrected chi connectivity index (χ3v) is 2.59. The summed E-state index contributed by atoms with van der Waals surface area (Å²) in [5.41, 5.74) is 0.491. The van der Waals surface area contributed by atoms with Gasteiger partial charge in [0.1, 0.15) is 16.0 Å². The van der Waals surface area contributed by atoms with E-state index in [9.17, 15) is 4.79 Å². The van der Waals surface area contributed by atoms with Gasteiger partial charge in [-0.3, -0.25) is 4.79 Å². The molecule has 18 heavy (non-hydrogen) atoms. The van der Waals surface area contributed by atoms with Crippen LogP contribution in [0.15, 0.2) is 16.9 Å². The Bertz CT molecular complexity index is 427. The van der Waals surface area contributed by atoms with Crippen LogP contribution in [0.5, 0.6) is 5.75 Å². The number of aromatic nitrogens is 1. The van der Waals surface area contributed by atoms with Gasteiger partial charge in [0, 0.05) is 6.42 Å². The van der Waals surface area contributed by atoms with Gasteiger partial charge in [-0.05, 0) is 54.8 Å². The molecule has 0 spiro atoms. The molecule has 0 radical (unpaired) electrons. The first-order valence-electron chi connectivity index (χ1n) is 5.72. The quantitative estimate of drug-likeness (QED) is 0.632. The van der Waals surface area contributed by atoms with Crippen molar-refractivity contribution >= 4 is 21.9 Å². The van der Waals surface area contributed by atoms with E-state index in [1.54, 1.807) is 13.3 Å². The van der Waals surface area contributed by atoms with Crippen LogP contribution in [0, 0.1) is 0 Å². The topological polar surface area (TPSA) is 48.4 Å². The van der Waals surface area contributed by atoms with Crippen LogP contribution in [0.4, 0.5) is 0 Å². The molecule has 1 rings (SSSR count). The van der Waals surface area contributed by atoms with Crippen LogP contribution in [-0.2, 0) is 16.0 Å². The monoisotopic (exact) mass is 315 g/mol. The zero-order chi connectivity index (χ0) is 13.8. The summed E-state index contributed by atoms with van der Waals surface area (Å²) in [6.07, 6.45) is 2.53. The van der Waals surface area contributed by atoms with Crippen LogP contribution >= 0.6 is 15.9 Å². The zero-order valence-electron chi connectivity index (χ0n) is 11.1. The number of hydrogen-bond acceptors (Lipinski definition) is 4. The number of aryl methyl sites for hydroxylation is 1. The van der Waals surface area contributed by atoms with Crippen molar-refractivity contribution in [2.24, 2.45) is 0 Å². The van der Waals surface area contributed by atoms with Crippen LogP contribution < -0.4 is 4.74 Å². The van der Waals surface area contributed by atoms with Crippen molar-refractivity contribution in [3.8, 4) is 5.75 Å². The number of ether oxygens (including phenoxy) is 2. The molecule has 4 nitrogen and oxygen atoms in total. The van der Waals surface area contributed by atoms with E-state index < -0.39 is 5.60 Å². The maximum Gasteiger partial charge on any atom is 0.306 e. The first-order valence-corrected chi connectivity index (χ1v) is 6.51. The van der Waals surface area contributed by atoms with Crippen LogP contribution in [0.25, 0.3) is 0 Å². The number of pyridine rings is 1. The number of hydrogen-bond donors (Lipinski definition) is 0. The SMILES string of the molecule is COc1cnc(Br)cc1CCC(=O)OC(C)(C)C. The van der Waals surface area contributed by atoms with Crippen molar-refractivity contribution in [1.82, 2.24) is 4.98 Å². The highest BCUT2D eigenvalue weighted by Gasteiger charge is 2.16. The van der Waals surface area contributed by atoms with Gasteiger partial charge >= 0.3 is 5.97 Å². The molecule has 0 N–H and O–H groups in total. The number of rotatable bonds is 4. The number of esters is 1. The van der Waals surface area contributed by atoms with E-state index in [0.29, 0.717) is 18.6 Å². The molecular weight excluding hydrogens is 298 g/mol. The average molecular weight is 316 g/mol.